The number of hydrogen-bond acceptors (Lipinski definition) is 4. The Morgan fingerprint density at radius 2 is 1.47 bits per heavy atom. The Morgan fingerprint density at radius 3 is 2.09 bits per heavy atom. The summed E-state index contributed by atoms with van der Waals surface area (Å²) in [5, 5.41) is 2.84. The highest BCUT2D eigenvalue weighted by atomic mass is 35.5. The Morgan fingerprint density at radius 1 is 0.837 bits per heavy atom. The number of nitrogens with zero attached hydrogens (tertiary/aromatic N) is 2. The van der Waals surface area contributed by atoms with E-state index in [-0.39, 0.29) is 33.6 Å². The topological polar surface area (TPSA) is 86.8 Å². The number of halogens is 3. The molecule has 4 aromatic carbocycles. The van der Waals surface area contributed by atoms with Gasteiger partial charge in [-0.15, -0.1) is 0 Å². The van der Waals surface area contributed by atoms with E-state index in [1.165, 1.54) is 59.5 Å². The number of sulfonamides is 1. The smallest absolute Gasteiger partial charge is 0.264 e. The normalized spacial score (nSPS) is 11.9. The fourth-order valence-corrected chi connectivity index (χ4v) is 6.45. The van der Waals surface area contributed by atoms with Crippen LogP contribution in [0.2, 0.25) is 10.0 Å². The first-order valence-corrected chi connectivity index (χ1v) is 15.7. The third-order valence-electron chi connectivity index (χ3n) is 6.70. The highest BCUT2D eigenvalue weighted by Crippen LogP contribution is 2.35. The maximum absolute atomic E-state index is 14.3. The molecule has 4 aromatic rings. The monoisotopic (exact) mass is 641 g/mol. The summed E-state index contributed by atoms with van der Waals surface area (Å²) in [5.41, 5.74) is 1.35. The molecule has 0 spiro atoms. The Hall–Kier alpha value is -3.92. The second-order valence-corrected chi connectivity index (χ2v) is 12.3. The largest absolute Gasteiger partial charge is 0.355 e. The molecule has 43 heavy (non-hydrogen) atoms. The number of anilines is 1. The van der Waals surface area contributed by atoms with Crippen molar-refractivity contribution in [2.45, 2.75) is 30.8 Å². The Kier molecular flexibility index (Phi) is 10.8. The third kappa shape index (κ3) is 7.93. The van der Waals surface area contributed by atoms with Gasteiger partial charge in [0.15, 0.2) is 0 Å². The minimum atomic E-state index is -4.32. The van der Waals surface area contributed by atoms with Crippen LogP contribution in [-0.4, -0.2) is 44.3 Å². The van der Waals surface area contributed by atoms with Gasteiger partial charge in [-0.2, -0.15) is 0 Å². The molecule has 11 heteroatoms. The van der Waals surface area contributed by atoms with Crippen LogP contribution in [0.4, 0.5) is 10.1 Å². The third-order valence-corrected chi connectivity index (χ3v) is 9.28. The van der Waals surface area contributed by atoms with Crippen molar-refractivity contribution >= 4 is 50.7 Å². The summed E-state index contributed by atoms with van der Waals surface area (Å²) in [7, 11) is -4.32. The van der Waals surface area contributed by atoms with Gasteiger partial charge in [0, 0.05) is 19.5 Å². The lowest BCUT2D eigenvalue weighted by Gasteiger charge is -2.34. The molecule has 0 radical (unpaired) electrons. The van der Waals surface area contributed by atoms with Crippen molar-refractivity contribution in [3.63, 3.8) is 0 Å². The number of benzene rings is 4. The van der Waals surface area contributed by atoms with E-state index in [4.69, 9.17) is 23.2 Å². The number of carbonyl (C=O) groups is 2. The summed E-state index contributed by atoms with van der Waals surface area (Å²) in [5.74, 6) is -1.55. The second kappa shape index (κ2) is 14.5. The van der Waals surface area contributed by atoms with Gasteiger partial charge in [-0.3, -0.25) is 13.9 Å². The van der Waals surface area contributed by atoms with Crippen molar-refractivity contribution in [1.29, 1.82) is 0 Å². The molecular weight excluding hydrogens is 612 g/mol. The fraction of sp³-hybridized carbons (Fsp3) is 0.188. The van der Waals surface area contributed by atoms with Crippen LogP contribution in [0.3, 0.4) is 0 Å². The number of amides is 2. The fourth-order valence-electron chi connectivity index (χ4n) is 4.55. The first-order chi connectivity index (χ1) is 20.6. The maximum Gasteiger partial charge on any atom is 0.264 e. The molecular formula is C32H30Cl2FN3O4S. The Labute approximate surface area is 260 Å². The molecule has 0 heterocycles. The molecule has 4 rings (SSSR count). The zero-order valence-corrected chi connectivity index (χ0v) is 25.6. The van der Waals surface area contributed by atoms with Crippen LogP contribution in [0, 0.1) is 5.82 Å². The van der Waals surface area contributed by atoms with Crippen LogP contribution in [0.25, 0.3) is 0 Å². The van der Waals surface area contributed by atoms with E-state index in [1.54, 1.807) is 25.1 Å². The van der Waals surface area contributed by atoms with Crippen molar-refractivity contribution in [2.24, 2.45) is 0 Å². The van der Waals surface area contributed by atoms with E-state index >= 15 is 0 Å². The van der Waals surface area contributed by atoms with E-state index in [9.17, 15) is 22.4 Å². The molecule has 7 nitrogen and oxygen atoms in total. The molecule has 0 fully saturated rings. The second-order valence-electron chi connectivity index (χ2n) is 9.65. The Bertz CT molecular complexity index is 1660. The summed E-state index contributed by atoms with van der Waals surface area (Å²) in [4.78, 5) is 29.0. The highest BCUT2D eigenvalue weighted by Gasteiger charge is 2.35. The van der Waals surface area contributed by atoms with Crippen molar-refractivity contribution in [3.8, 4) is 0 Å². The van der Waals surface area contributed by atoms with Gasteiger partial charge in [-0.25, -0.2) is 12.8 Å². The predicted octanol–water partition coefficient (Wildman–Crippen LogP) is 6.10. The van der Waals surface area contributed by atoms with Gasteiger partial charge >= 0.3 is 0 Å². The van der Waals surface area contributed by atoms with Crippen LogP contribution >= 0.6 is 23.2 Å². The van der Waals surface area contributed by atoms with Crippen LogP contribution < -0.4 is 9.62 Å². The number of nitrogens with one attached hydrogen (secondary N) is 1. The molecule has 0 aliphatic heterocycles. The first-order valence-electron chi connectivity index (χ1n) is 13.5. The quantitative estimate of drug-likeness (QED) is 0.202. The molecule has 1 N–H and O–H groups in total. The first kappa shape index (κ1) is 32.0. The van der Waals surface area contributed by atoms with Crippen molar-refractivity contribution < 1.29 is 22.4 Å². The van der Waals surface area contributed by atoms with Crippen molar-refractivity contribution in [3.05, 3.63) is 130 Å². The number of rotatable bonds is 12. The molecule has 0 aliphatic rings. The van der Waals surface area contributed by atoms with E-state index in [2.05, 4.69) is 5.32 Å². The van der Waals surface area contributed by atoms with Crippen LogP contribution in [0.1, 0.15) is 18.1 Å². The van der Waals surface area contributed by atoms with Crippen LogP contribution in [0.15, 0.2) is 108 Å². The van der Waals surface area contributed by atoms with Gasteiger partial charge in [0.05, 0.1) is 20.6 Å². The number of carbonyl (C=O) groups excluding carboxylic acids is 2. The molecule has 0 aromatic heterocycles. The van der Waals surface area contributed by atoms with Gasteiger partial charge in [-0.1, -0.05) is 89.9 Å². The van der Waals surface area contributed by atoms with Crippen LogP contribution in [0.5, 0.6) is 0 Å². The SMILES string of the molecule is CCNC(=O)C(Cc1ccccc1)N(Cc1ccc(F)cc1)C(=O)CN(c1cccc(Cl)c1Cl)S(=O)(=O)c1ccccc1. The number of likely N-dealkylation sites (N-methyl/N-ethyl adjacent to an activating group) is 1. The van der Waals surface area contributed by atoms with Gasteiger partial charge in [0.1, 0.15) is 18.4 Å². The minimum absolute atomic E-state index is 0.00530. The van der Waals surface area contributed by atoms with E-state index in [0.717, 1.165) is 9.87 Å². The van der Waals surface area contributed by atoms with Gasteiger partial charge < -0.3 is 10.2 Å². The Balaban J connectivity index is 1.81. The van der Waals surface area contributed by atoms with Crippen LogP contribution in [-0.2, 0) is 32.6 Å². The summed E-state index contributed by atoms with van der Waals surface area (Å²) >= 11 is 12.7. The average Bonchev–Trinajstić information content (AvgIpc) is 3.01. The summed E-state index contributed by atoms with van der Waals surface area (Å²) < 4.78 is 42.6. The molecule has 224 valence electrons. The van der Waals surface area contributed by atoms with Crippen molar-refractivity contribution in [1.82, 2.24) is 10.2 Å². The predicted molar refractivity (Wildman–Crippen MR) is 167 cm³/mol. The van der Waals surface area contributed by atoms with Gasteiger partial charge in [0.25, 0.3) is 10.0 Å². The zero-order chi connectivity index (χ0) is 31.0. The molecule has 2 amide bonds. The lowest BCUT2D eigenvalue weighted by Crippen LogP contribution is -2.53. The van der Waals surface area contributed by atoms with E-state index in [1.807, 2.05) is 30.3 Å². The molecule has 1 unspecified atom stereocenters. The number of hydrogen-bond donors (Lipinski definition) is 1. The van der Waals surface area contributed by atoms with E-state index < -0.39 is 40.2 Å². The average molecular weight is 643 g/mol. The zero-order valence-electron chi connectivity index (χ0n) is 23.3. The summed E-state index contributed by atoms with van der Waals surface area (Å²) in [6, 6.07) is 25.8. The van der Waals surface area contributed by atoms with Gasteiger partial charge in [-0.05, 0) is 54.4 Å². The molecule has 0 saturated carbocycles. The lowest BCUT2D eigenvalue weighted by atomic mass is 10.0. The molecule has 0 saturated heterocycles. The molecule has 0 aliphatic carbocycles. The maximum atomic E-state index is 14.3. The van der Waals surface area contributed by atoms with Crippen molar-refractivity contribution in [2.75, 3.05) is 17.4 Å². The highest BCUT2D eigenvalue weighted by molar-refractivity contribution is 7.92. The van der Waals surface area contributed by atoms with Gasteiger partial charge in [0.2, 0.25) is 11.8 Å². The lowest BCUT2D eigenvalue weighted by molar-refractivity contribution is -0.140. The minimum Gasteiger partial charge on any atom is -0.355 e. The standard InChI is InChI=1S/C32H30Cl2FN3O4S/c1-2-36-32(40)29(20-23-10-5-3-6-11-23)37(21-24-16-18-25(35)19-17-24)30(39)22-38(28-15-9-14-27(33)31(28)34)43(41,42)26-12-7-4-8-13-26/h3-19,29H,2,20-22H2,1H3,(H,36,40). The summed E-state index contributed by atoms with van der Waals surface area (Å²) in [6.07, 6.45) is 0.156. The summed E-state index contributed by atoms with van der Waals surface area (Å²) in [6.45, 7) is 1.30. The molecule has 1 atom stereocenters. The molecule has 0 bridgehead atoms. The van der Waals surface area contributed by atoms with E-state index in [0.29, 0.717) is 12.1 Å².